The van der Waals surface area contributed by atoms with Gasteiger partial charge in [0.15, 0.2) is 0 Å². The molecule has 0 spiro atoms. The zero-order valence-electron chi connectivity index (χ0n) is 27.6. The van der Waals surface area contributed by atoms with E-state index in [1.807, 2.05) is 13.8 Å². The molecule has 0 aromatic rings. The smallest absolute Gasteiger partial charge is 0.303 e. The SMILES string of the molecule is CC.CC1CCCCC1(C)C.C[C@H](CCCCC(=O)O)C1CCC2C3CCC4CCCCC4(C)C3CCC21C. The summed E-state index contributed by atoms with van der Waals surface area (Å²) in [6.07, 6.45) is 24.2. The van der Waals surface area contributed by atoms with Gasteiger partial charge in [0.25, 0.3) is 0 Å². The molecule has 0 aromatic carbocycles. The maximum atomic E-state index is 10.8. The second kappa shape index (κ2) is 14.1. The summed E-state index contributed by atoms with van der Waals surface area (Å²) in [5.74, 6) is 5.96. The van der Waals surface area contributed by atoms with Gasteiger partial charge in [-0.2, -0.15) is 0 Å². The van der Waals surface area contributed by atoms with Crippen LogP contribution in [-0.2, 0) is 4.79 Å². The van der Waals surface area contributed by atoms with Gasteiger partial charge in [-0.25, -0.2) is 0 Å². The Morgan fingerprint density at radius 3 is 2.08 bits per heavy atom. The third-order valence-electron chi connectivity index (χ3n) is 13.7. The molecule has 39 heavy (non-hydrogen) atoms. The Morgan fingerprint density at radius 2 is 1.44 bits per heavy atom. The summed E-state index contributed by atoms with van der Waals surface area (Å²) in [5.41, 5.74) is 1.85. The van der Waals surface area contributed by atoms with Crippen LogP contribution in [0.2, 0.25) is 0 Å². The summed E-state index contributed by atoms with van der Waals surface area (Å²) >= 11 is 0. The zero-order chi connectivity index (χ0) is 28.8. The first-order chi connectivity index (χ1) is 18.5. The molecule has 5 fully saturated rings. The number of rotatable bonds is 6. The Kier molecular flexibility index (Phi) is 11.9. The molecule has 0 heterocycles. The molecule has 228 valence electrons. The molecule has 0 amide bonds. The Balaban J connectivity index is 0.000000322. The van der Waals surface area contributed by atoms with Gasteiger partial charge < -0.3 is 5.11 Å². The fourth-order valence-electron chi connectivity index (χ4n) is 10.9. The van der Waals surface area contributed by atoms with Gasteiger partial charge in [0, 0.05) is 6.42 Å². The van der Waals surface area contributed by atoms with Crippen LogP contribution in [0.1, 0.15) is 171 Å². The average molecular weight is 545 g/mol. The molecular weight excluding hydrogens is 476 g/mol. The number of hydrogen-bond donors (Lipinski definition) is 1. The lowest BCUT2D eigenvalue weighted by Gasteiger charge is -2.61. The van der Waals surface area contributed by atoms with Crippen LogP contribution in [0, 0.1) is 57.7 Å². The first kappa shape index (κ1) is 33.0. The van der Waals surface area contributed by atoms with Crippen LogP contribution in [0.25, 0.3) is 0 Å². The lowest BCUT2D eigenvalue weighted by molar-refractivity contribution is -0.137. The standard InChI is InChI=1S/C26H44O2.C9H18.C2H6/c1-18(8-4-5-10-24(27)28)21-13-14-22-20-12-11-19-9-6-7-16-25(19,2)23(20)15-17-26(21,22)3;1-8-6-4-5-7-9(8,2)3;1-2/h18-23H,4-17H2,1-3H3,(H,27,28);8H,4-7H2,1-3H3;1-2H3/t18-,19?,20?,21?,22?,23?,25?,26?;;/m1../s1. The Morgan fingerprint density at radius 1 is 0.769 bits per heavy atom. The van der Waals surface area contributed by atoms with Gasteiger partial charge in [-0.05, 0) is 122 Å². The fourth-order valence-corrected chi connectivity index (χ4v) is 10.9. The molecule has 2 nitrogen and oxygen atoms in total. The molecule has 0 bridgehead atoms. The van der Waals surface area contributed by atoms with Gasteiger partial charge in [-0.1, -0.05) is 100 Å². The summed E-state index contributed by atoms with van der Waals surface area (Å²) < 4.78 is 0. The van der Waals surface area contributed by atoms with Crippen LogP contribution in [0.5, 0.6) is 0 Å². The van der Waals surface area contributed by atoms with Crippen LogP contribution in [-0.4, -0.2) is 11.1 Å². The van der Waals surface area contributed by atoms with Crippen LogP contribution in [0.4, 0.5) is 0 Å². The minimum atomic E-state index is -0.634. The van der Waals surface area contributed by atoms with Crippen molar-refractivity contribution in [1.82, 2.24) is 0 Å². The highest BCUT2D eigenvalue weighted by Crippen LogP contribution is 2.68. The van der Waals surface area contributed by atoms with Crippen molar-refractivity contribution < 1.29 is 9.90 Å². The fraction of sp³-hybridized carbons (Fsp3) is 0.973. The molecule has 8 unspecified atom stereocenters. The Labute approximate surface area is 244 Å². The zero-order valence-corrected chi connectivity index (χ0v) is 27.6. The summed E-state index contributed by atoms with van der Waals surface area (Å²) in [7, 11) is 0. The number of aliphatic carboxylic acids is 1. The minimum absolute atomic E-state index is 0.348. The first-order valence-corrected chi connectivity index (χ1v) is 17.7. The number of carboxylic acids is 1. The van der Waals surface area contributed by atoms with Crippen LogP contribution in [0.15, 0.2) is 0 Å². The number of carbonyl (C=O) groups is 1. The predicted molar refractivity (Wildman–Crippen MR) is 168 cm³/mol. The molecule has 0 saturated heterocycles. The van der Waals surface area contributed by atoms with E-state index in [-0.39, 0.29) is 0 Å². The molecule has 9 atom stereocenters. The number of fused-ring (bicyclic) bond motifs is 5. The molecule has 5 saturated carbocycles. The topological polar surface area (TPSA) is 37.3 Å². The second-order valence-electron chi connectivity index (χ2n) is 15.9. The molecule has 5 rings (SSSR count). The molecule has 1 N–H and O–H groups in total. The number of hydrogen-bond acceptors (Lipinski definition) is 1. The van der Waals surface area contributed by atoms with E-state index in [4.69, 9.17) is 5.11 Å². The van der Waals surface area contributed by atoms with Crippen molar-refractivity contribution in [3.05, 3.63) is 0 Å². The van der Waals surface area contributed by atoms with E-state index in [9.17, 15) is 4.79 Å². The number of carboxylic acid groups (broad SMARTS) is 1. The molecular formula is C37H68O2. The van der Waals surface area contributed by atoms with E-state index >= 15 is 0 Å². The van der Waals surface area contributed by atoms with Gasteiger partial charge in [0.1, 0.15) is 0 Å². The summed E-state index contributed by atoms with van der Waals surface area (Å²) in [6, 6.07) is 0. The highest BCUT2D eigenvalue weighted by Gasteiger charge is 2.60. The lowest BCUT2D eigenvalue weighted by Crippen LogP contribution is -2.53. The molecule has 0 aromatic heterocycles. The minimum Gasteiger partial charge on any atom is -0.481 e. The average Bonchev–Trinajstić information content (AvgIpc) is 3.27. The van der Waals surface area contributed by atoms with Crippen LogP contribution < -0.4 is 0 Å². The number of unbranched alkanes of at least 4 members (excludes halogenated alkanes) is 1. The monoisotopic (exact) mass is 545 g/mol. The van der Waals surface area contributed by atoms with Crippen molar-refractivity contribution in [2.24, 2.45) is 57.7 Å². The third kappa shape index (κ3) is 7.28. The van der Waals surface area contributed by atoms with Crippen molar-refractivity contribution >= 4 is 5.97 Å². The van der Waals surface area contributed by atoms with Gasteiger partial charge in [0.2, 0.25) is 0 Å². The van der Waals surface area contributed by atoms with Crippen LogP contribution >= 0.6 is 0 Å². The highest BCUT2D eigenvalue weighted by molar-refractivity contribution is 5.66. The van der Waals surface area contributed by atoms with E-state index in [0.29, 0.717) is 22.7 Å². The predicted octanol–water partition coefficient (Wildman–Crippen LogP) is 11.6. The lowest BCUT2D eigenvalue weighted by atomic mass is 9.44. The van der Waals surface area contributed by atoms with Gasteiger partial charge >= 0.3 is 5.97 Å². The highest BCUT2D eigenvalue weighted by atomic mass is 16.4. The summed E-state index contributed by atoms with van der Waals surface area (Å²) in [5, 5.41) is 8.90. The molecule has 0 radical (unpaired) electrons. The quantitative estimate of drug-likeness (QED) is 0.338. The second-order valence-corrected chi connectivity index (χ2v) is 15.9. The Hall–Kier alpha value is -0.530. The normalized spacial score (nSPS) is 41.3. The van der Waals surface area contributed by atoms with E-state index in [1.165, 1.54) is 96.3 Å². The maximum absolute atomic E-state index is 10.8. The van der Waals surface area contributed by atoms with Gasteiger partial charge in [-0.3, -0.25) is 4.79 Å². The third-order valence-corrected chi connectivity index (χ3v) is 13.7. The molecule has 5 aliphatic carbocycles. The first-order valence-electron chi connectivity index (χ1n) is 17.7. The summed E-state index contributed by atoms with van der Waals surface area (Å²) in [4.78, 5) is 10.8. The van der Waals surface area contributed by atoms with Crippen molar-refractivity contribution in [1.29, 1.82) is 0 Å². The van der Waals surface area contributed by atoms with E-state index in [0.717, 1.165) is 54.3 Å². The van der Waals surface area contributed by atoms with E-state index in [2.05, 4.69) is 41.5 Å². The largest absolute Gasteiger partial charge is 0.481 e. The molecule has 2 heteroatoms. The molecule has 5 aliphatic rings. The van der Waals surface area contributed by atoms with Crippen molar-refractivity contribution in [3.63, 3.8) is 0 Å². The van der Waals surface area contributed by atoms with Gasteiger partial charge in [0.05, 0.1) is 0 Å². The van der Waals surface area contributed by atoms with Crippen molar-refractivity contribution in [3.8, 4) is 0 Å². The summed E-state index contributed by atoms with van der Waals surface area (Å²) in [6.45, 7) is 19.0. The van der Waals surface area contributed by atoms with Crippen LogP contribution in [0.3, 0.4) is 0 Å². The molecule has 0 aliphatic heterocycles. The Bertz CT molecular complexity index is 757. The van der Waals surface area contributed by atoms with Crippen molar-refractivity contribution in [2.75, 3.05) is 0 Å². The maximum Gasteiger partial charge on any atom is 0.303 e. The van der Waals surface area contributed by atoms with E-state index in [1.54, 1.807) is 0 Å². The van der Waals surface area contributed by atoms with E-state index < -0.39 is 5.97 Å². The van der Waals surface area contributed by atoms with Gasteiger partial charge in [-0.15, -0.1) is 0 Å². The van der Waals surface area contributed by atoms with Crippen molar-refractivity contribution in [2.45, 2.75) is 171 Å².